The van der Waals surface area contributed by atoms with Gasteiger partial charge >= 0.3 is 5.97 Å². The first-order chi connectivity index (χ1) is 14.4. The van der Waals surface area contributed by atoms with Crippen molar-refractivity contribution in [1.29, 1.82) is 5.26 Å². The molecule has 0 bridgehead atoms. The SMILES string of the molecule is COC(=O)c1cc(C)nc2nc(SCC(=O)N(CC#N)c3ccccc3)[nH]c(=O)c12. The van der Waals surface area contributed by atoms with E-state index in [1.165, 1.54) is 18.1 Å². The van der Waals surface area contributed by atoms with E-state index < -0.39 is 11.5 Å². The van der Waals surface area contributed by atoms with E-state index in [9.17, 15) is 14.4 Å². The van der Waals surface area contributed by atoms with Gasteiger partial charge in [0.2, 0.25) is 5.91 Å². The number of pyridine rings is 1. The van der Waals surface area contributed by atoms with Gasteiger partial charge in [-0.15, -0.1) is 0 Å². The number of hydrogen-bond donors (Lipinski definition) is 1. The predicted molar refractivity (Wildman–Crippen MR) is 111 cm³/mol. The Labute approximate surface area is 175 Å². The van der Waals surface area contributed by atoms with Crippen molar-refractivity contribution in [3.05, 3.63) is 58.0 Å². The van der Waals surface area contributed by atoms with Gasteiger partial charge in [0.25, 0.3) is 5.56 Å². The standard InChI is InChI=1S/C20H17N5O4S/c1-12-10-14(19(28)29-2)16-17(22-12)23-20(24-18(16)27)30-11-15(26)25(9-8-21)13-6-4-3-5-7-13/h3-7,10H,9,11H2,1-2H3,(H,22,23,24,27). The summed E-state index contributed by atoms with van der Waals surface area (Å²) in [6.07, 6.45) is 0. The third-order valence-corrected chi connectivity index (χ3v) is 4.98. The molecule has 1 aromatic carbocycles. The molecular weight excluding hydrogens is 406 g/mol. The summed E-state index contributed by atoms with van der Waals surface area (Å²) >= 11 is 1.01. The fourth-order valence-electron chi connectivity index (χ4n) is 2.79. The third kappa shape index (κ3) is 4.47. The Bertz CT molecular complexity index is 1200. The van der Waals surface area contributed by atoms with Gasteiger partial charge in [-0.25, -0.2) is 14.8 Å². The number of benzene rings is 1. The average molecular weight is 423 g/mol. The van der Waals surface area contributed by atoms with E-state index in [2.05, 4.69) is 15.0 Å². The van der Waals surface area contributed by atoms with Crippen molar-refractivity contribution in [2.24, 2.45) is 0 Å². The number of ether oxygens (including phenoxy) is 1. The number of anilines is 1. The zero-order valence-corrected chi connectivity index (χ0v) is 17.0. The molecule has 10 heteroatoms. The molecule has 0 aliphatic heterocycles. The number of amides is 1. The zero-order chi connectivity index (χ0) is 21.7. The van der Waals surface area contributed by atoms with Gasteiger partial charge in [-0.1, -0.05) is 30.0 Å². The molecule has 0 atom stereocenters. The number of nitriles is 1. The maximum absolute atomic E-state index is 12.6. The normalized spacial score (nSPS) is 10.4. The van der Waals surface area contributed by atoms with E-state index >= 15 is 0 Å². The Balaban J connectivity index is 1.88. The van der Waals surface area contributed by atoms with E-state index in [0.717, 1.165) is 11.8 Å². The van der Waals surface area contributed by atoms with E-state index in [4.69, 9.17) is 10.00 Å². The van der Waals surface area contributed by atoms with Crippen molar-refractivity contribution < 1.29 is 14.3 Å². The van der Waals surface area contributed by atoms with Gasteiger partial charge in [0.1, 0.15) is 6.54 Å². The van der Waals surface area contributed by atoms with Gasteiger partial charge in [-0.3, -0.25) is 14.5 Å². The Kier molecular flexibility index (Phi) is 6.44. The van der Waals surface area contributed by atoms with Crippen molar-refractivity contribution in [2.75, 3.05) is 24.3 Å². The van der Waals surface area contributed by atoms with Gasteiger partial charge in [0, 0.05) is 11.4 Å². The highest BCUT2D eigenvalue weighted by atomic mass is 32.2. The lowest BCUT2D eigenvalue weighted by Gasteiger charge is -2.19. The van der Waals surface area contributed by atoms with Crippen LogP contribution >= 0.6 is 11.8 Å². The molecule has 3 aromatic rings. The molecule has 1 N–H and O–H groups in total. The minimum absolute atomic E-state index is 0.0264. The smallest absolute Gasteiger partial charge is 0.338 e. The minimum atomic E-state index is -0.664. The lowest BCUT2D eigenvalue weighted by molar-refractivity contribution is -0.116. The van der Waals surface area contributed by atoms with Crippen molar-refractivity contribution in [1.82, 2.24) is 15.0 Å². The molecule has 9 nitrogen and oxygen atoms in total. The summed E-state index contributed by atoms with van der Waals surface area (Å²) in [5.74, 6) is -1.04. The van der Waals surface area contributed by atoms with E-state index in [0.29, 0.717) is 11.4 Å². The van der Waals surface area contributed by atoms with Gasteiger partial charge < -0.3 is 9.72 Å². The van der Waals surface area contributed by atoms with Crippen LogP contribution in [0, 0.1) is 18.3 Å². The predicted octanol–water partition coefficient (Wildman–Crippen LogP) is 2.06. The number of fused-ring (bicyclic) bond motifs is 1. The van der Waals surface area contributed by atoms with Crippen LogP contribution in [-0.4, -0.2) is 46.2 Å². The summed E-state index contributed by atoms with van der Waals surface area (Å²) in [7, 11) is 1.22. The lowest BCUT2D eigenvalue weighted by atomic mass is 10.1. The summed E-state index contributed by atoms with van der Waals surface area (Å²) in [6, 6.07) is 12.3. The second kappa shape index (κ2) is 9.19. The molecule has 0 spiro atoms. The monoisotopic (exact) mass is 423 g/mol. The number of rotatable bonds is 6. The first-order valence-corrected chi connectivity index (χ1v) is 9.78. The molecule has 0 radical (unpaired) electrons. The number of aryl methyl sites for hydroxylation is 1. The Morgan fingerprint density at radius 3 is 2.67 bits per heavy atom. The number of esters is 1. The second-order valence-corrected chi connectivity index (χ2v) is 7.10. The Hall–Kier alpha value is -3.71. The van der Waals surface area contributed by atoms with Crippen LogP contribution in [-0.2, 0) is 9.53 Å². The molecule has 2 aromatic heterocycles. The Morgan fingerprint density at radius 2 is 2.00 bits per heavy atom. The van der Waals surface area contributed by atoms with Crippen LogP contribution in [0.4, 0.5) is 5.69 Å². The highest BCUT2D eigenvalue weighted by Gasteiger charge is 2.19. The van der Waals surface area contributed by atoms with Gasteiger partial charge in [0.15, 0.2) is 10.8 Å². The summed E-state index contributed by atoms with van der Waals surface area (Å²) in [5, 5.41) is 9.25. The molecule has 0 unspecified atom stereocenters. The fourth-order valence-corrected chi connectivity index (χ4v) is 3.53. The number of methoxy groups -OCH3 is 1. The first-order valence-electron chi connectivity index (χ1n) is 8.79. The number of aromatic amines is 1. The minimum Gasteiger partial charge on any atom is -0.465 e. The van der Waals surface area contributed by atoms with Crippen LogP contribution in [0.15, 0.2) is 46.3 Å². The second-order valence-electron chi connectivity index (χ2n) is 6.13. The molecule has 1 amide bonds. The number of para-hydroxylation sites is 1. The number of thioether (sulfide) groups is 1. The third-order valence-electron chi connectivity index (χ3n) is 4.12. The quantitative estimate of drug-likeness (QED) is 0.276. The van der Waals surface area contributed by atoms with Crippen LogP contribution in [0.5, 0.6) is 0 Å². The van der Waals surface area contributed by atoms with E-state index in [1.54, 1.807) is 31.2 Å². The molecule has 0 fully saturated rings. The molecule has 0 aliphatic carbocycles. The van der Waals surface area contributed by atoms with Crippen molar-refractivity contribution >= 4 is 40.4 Å². The molecule has 2 heterocycles. The van der Waals surface area contributed by atoms with Gasteiger partial charge in [-0.05, 0) is 25.1 Å². The molecule has 0 saturated carbocycles. The molecule has 3 rings (SSSR count). The van der Waals surface area contributed by atoms with Crippen LogP contribution < -0.4 is 10.5 Å². The summed E-state index contributed by atoms with van der Waals surface area (Å²) in [4.78, 5) is 49.6. The van der Waals surface area contributed by atoms with Crippen LogP contribution in [0.2, 0.25) is 0 Å². The molecule has 0 aliphatic rings. The number of H-pyrrole nitrogens is 1. The molecule has 0 saturated heterocycles. The molecule has 30 heavy (non-hydrogen) atoms. The highest BCUT2D eigenvalue weighted by Crippen LogP contribution is 2.20. The topological polar surface area (TPSA) is 129 Å². The lowest BCUT2D eigenvalue weighted by Crippen LogP contribution is -2.32. The molecule has 152 valence electrons. The first kappa shape index (κ1) is 21.0. The van der Waals surface area contributed by atoms with Crippen LogP contribution in [0.1, 0.15) is 16.1 Å². The summed E-state index contributed by atoms with van der Waals surface area (Å²) < 4.78 is 4.73. The highest BCUT2D eigenvalue weighted by molar-refractivity contribution is 7.99. The van der Waals surface area contributed by atoms with Crippen molar-refractivity contribution in [3.63, 3.8) is 0 Å². The number of nitrogens with one attached hydrogen (secondary N) is 1. The fraction of sp³-hybridized carbons (Fsp3) is 0.200. The molecular formula is C20H17N5O4S. The van der Waals surface area contributed by atoms with E-state index in [1.807, 2.05) is 12.1 Å². The maximum atomic E-state index is 12.6. The summed E-state index contributed by atoms with van der Waals surface area (Å²) in [5.41, 5.74) is 0.707. The van der Waals surface area contributed by atoms with Gasteiger partial charge in [0.05, 0.1) is 29.9 Å². The maximum Gasteiger partial charge on any atom is 0.338 e. The Morgan fingerprint density at radius 1 is 1.27 bits per heavy atom. The van der Waals surface area contributed by atoms with Crippen molar-refractivity contribution in [2.45, 2.75) is 12.1 Å². The summed E-state index contributed by atoms with van der Waals surface area (Å²) in [6.45, 7) is 1.57. The largest absolute Gasteiger partial charge is 0.465 e. The number of aromatic nitrogens is 3. The number of nitrogens with zero attached hydrogens (tertiary/aromatic N) is 4. The van der Waals surface area contributed by atoms with Crippen LogP contribution in [0.25, 0.3) is 11.0 Å². The zero-order valence-electron chi connectivity index (χ0n) is 16.2. The van der Waals surface area contributed by atoms with Gasteiger partial charge in [-0.2, -0.15) is 5.26 Å². The number of carbonyl (C=O) groups is 2. The van der Waals surface area contributed by atoms with Crippen molar-refractivity contribution in [3.8, 4) is 6.07 Å². The number of hydrogen-bond acceptors (Lipinski definition) is 8. The number of carbonyl (C=O) groups excluding carboxylic acids is 2. The van der Waals surface area contributed by atoms with E-state index in [-0.39, 0.29) is 40.0 Å². The average Bonchev–Trinajstić information content (AvgIpc) is 2.75. The van der Waals surface area contributed by atoms with Crippen LogP contribution in [0.3, 0.4) is 0 Å².